The number of nitrogens with zero attached hydrogens (tertiary/aromatic N) is 3. The maximum absolute atomic E-state index is 5.79. The Kier molecular flexibility index (Phi) is 3.04. The normalized spacial score (nSPS) is 10.6. The molecule has 0 bridgehead atoms. The lowest BCUT2D eigenvalue weighted by Gasteiger charge is -2.07. The second-order valence-electron chi connectivity index (χ2n) is 3.79. The number of rotatable bonds is 3. The summed E-state index contributed by atoms with van der Waals surface area (Å²) in [5.41, 5.74) is 0.629. The molecule has 0 saturated carbocycles. The van der Waals surface area contributed by atoms with Crippen molar-refractivity contribution in [2.24, 2.45) is 0 Å². The molecule has 6 nitrogen and oxygen atoms in total. The maximum atomic E-state index is 5.79. The van der Waals surface area contributed by atoms with E-state index < -0.39 is 0 Å². The molecule has 0 aliphatic carbocycles. The van der Waals surface area contributed by atoms with Gasteiger partial charge < -0.3 is 10.1 Å². The first-order valence-corrected chi connectivity index (χ1v) is 6.38. The van der Waals surface area contributed by atoms with Crippen LogP contribution in [0.1, 0.15) is 0 Å². The second-order valence-corrected chi connectivity index (χ2v) is 4.71. The molecule has 19 heavy (non-hydrogen) atoms. The van der Waals surface area contributed by atoms with Gasteiger partial charge in [0.05, 0.1) is 6.20 Å². The third kappa shape index (κ3) is 2.37. The molecule has 3 aromatic rings. The van der Waals surface area contributed by atoms with Crippen molar-refractivity contribution in [1.82, 2.24) is 20.2 Å². The molecule has 0 aliphatic heterocycles. The highest BCUT2D eigenvalue weighted by Gasteiger charge is 2.11. The SMILES string of the molecule is CNc1nc(Oc2cccc(Br)c2)c2cn[nH]c2n1. The number of H-pyrrole nitrogens is 1. The quantitative estimate of drug-likeness (QED) is 0.776. The van der Waals surface area contributed by atoms with E-state index >= 15 is 0 Å². The molecule has 2 N–H and O–H groups in total. The Morgan fingerprint density at radius 1 is 1.32 bits per heavy atom. The number of ether oxygens (including phenoxy) is 1. The largest absolute Gasteiger partial charge is 0.438 e. The van der Waals surface area contributed by atoms with Crippen molar-refractivity contribution >= 4 is 32.9 Å². The van der Waals surface area contributed by atoms with Gasteiger partial charge in [0.1, 0.15) is 11.1 Å². The lowest BCUT2D eigenvalue weighted by atomic mass is 10.3. The molecule has 0 spiro atoms. The van der Waals surface area contributed by atoms with Crippen LogP contribution in [0.2, 0.25) is 0 Å². The molecule has 7 heteroatoms. The third-order valence-electron chi connectivity index (χ3n) is 2.51. The summed E-state index contributed by atoms with van der Waals surface area (Å²) in [7, 11) is 1.75. The van der Waals surface area contributed by atoms with Crippen LogP contribution < -0.4 is 10.1 Å². The van der Waals surface area contributed by atoms with E-state index in [1.807, 2.05) is 24.3 Å². The minimum Gasteiger partial charge on any atom is -0.438 e. The van der Waals surface area contributed by atoms with E-state index in [0.717, 1.165) is 9.86 Å². The lowest BCUT2D eigenvalue weighted by Crippen LogP contribution is -1.99. The van der Waals surface area contributed by atoms with Gasteiger partial charge in [-0.3, -0.25) is 5.10 Å². The molecule has 2 heterocycles. The summed E-state index contributed by atoms with van der Waals surface area (Å²) >= 11 is 3.40. The summed E-state index contributed by atoms with van der Waals surface area (Å²) in [6, 6.07) is 7.55. The lowest BCUT2D eigenvalue weighted by molar-refractivity contribution is 0.469. The van der Waals surface area contributed by atoms with Crippen LogP contribution in [0.3, 0.4) is 0 Å². The summed E-state index contributed by atoms with van der Waals surface area (Å²) in [5, 5.41) is 10.4. The van der Waals surface area contributed by atoms with Crippen molar-refractivity contribution in [1.29, 1.82) is 0 Å². The topological polar surface area (TPSA) is 75.7 Å². The fourth-order valence-corrected chi connectivity index (χ4v) is 2.02. The number of fused-ring (bicyclic) bond motifs is 1. The number of benzene rings is 1. The molecule has 0 radical (unpaired) electrons. The Balaban J connectivity index is 2.06. The summed E-state index contributed by atoms with van der Waals surface area (Å²) in [6.45, 7) is 0. The molecule has 96 valence electrons. The predicted octanol–water partition coefficient (Wildman–Crippen LogP) is 2.95. The molecule has 0 saturated heterocycles. The Bertz CT molecular complexity index is 727. The molecule has 0 amide bonds. The van der Waals surface area contributed by atoms with Crippen molar-refractivity contribution in [2.75, 3.05) is 12.4 Å². The average Bonchev–Trinajstić information content (AvgIpc) is 2.87. The van der Waals surface area contributed by atoms with E-state index in [2.05, 4.69) is 41.4 Å². The van der Waals surface area contributed by atoms with E-state index in [0.29, 0.717) is 23.2 Å². The molecule has 0 aliphatic rings. The van der Waals surface area contributed by atoms with Gasteiger partial charge in [0.2, 0.25) is 11.8 Å². The molecular weight excluding hydrogens is 310 g/mol. The minimum atomic E-state index is 0.459. The number of nitrogens with one attached hydrogen (secondary N) is 2. The first kappa shape index (κ1) is 11.9. The van der Waals surface area contributed by atoms with Crippen molar-refractivity contribution in [3.05, 3.63) is 34.9 Å². The van der Waals surface area contributed by atoms with Crippen LogP contribution >= 0.6 is 15.9 Å². The number of hydrogen-bond acceptors (Lipinski definition) is 5. The predicted molar refractivity (Wildman–Crippen MR) is 75.4 cm³/mol. The zero-order chi connectivity index (χ0) is 13.2. The van der Waals surface area contributed by atoms with Gasteiger partial charge in [-0.1, -0.05) is 22.0 Å². The third-order valence-corrected chi connectivity index (χ3v) is 3.00. The molecule has 0 atom stereocenters. The molecule has 0 fully saturated rings. The number of hydrogen-bond donors (Lipinski definition) is 2. The molecule has 2 aromatic heterocycles. The monoisotopic (exact) mass is 319 g/mol. The van der Waals surface area contributed by atoms with Gasteiger partial charge in [-0.25, -0.2) is 0 Å². The van der Waals surface area contributed by atoms with Crippen LogP contribution in [0.15, 0.2) is 34.9 Å². The van der Waals surface area contributed by atoms with Gasteiger partial charge in [0.25, 0.3) is 0 Å². The van der Waals surface area contributed by atoms with E-state index in [1.54, 1.807) is 13.2 Å². The summed E-state index contributed by atoms with van der Waals surface area (Å²) in [6.07, 6.45) is 1.64. The fourth-order valence-electron chi connectivity index (χ4n) is 1.64. The van der Waals surface area contributed by atoms with Crippen LogP contribution in [0, 0.1) is 0 Å². The molecule has 1 aromatic carbocycles. The van der Waals surface area contributed by atoms with Gasteiger partial charge in [0.15, 0.2) is 5.65 Å². The minimum absolute atomic E-state index is 0.459. The number of aromatic amines is 1. The first-order chi connectivity index (χ1) is 9.26. The Hall–Kier alpha value is -2.15. The van der Waals surface area contributed by atoms with Crippen LogP contribution in [-0.4, -0.2) is 27.2 Å². The van der Waals surface area contributed by atoms with Crippen molar-refractivity contribution < 1.29 is 4.74 Å². The molecule has 0 unspecified atom stereocenters. The number of anilines is 1. The standard InChI is InChI=1S/C12H10BrN5O/c1-14-12-16-10-9(6-15-18-10)11(17-12)19-8-4-2-3-7(13)5-8/h2-6H,1H3,(H2,14,15,16,17,18). The zero-order valence-electron chi connectivity index (χ0n) is 10.0. The number of halogens is 1. The van der Waals surface area contributed by atoms with E-state index in [-0.39, 0.29) is 0 Å². The van der Waals surface area contributed by atoms with Gasteiger partial charge in [-0.05, 0) is 18.2 Å². The van der Waals surface area contributed by atoms with E-state index in [9.17, 15) is 0 Å². The second kappa shape index (κ2) is 4.85. The van der Waals surface area contributed by atoms with E-state index in [1.165, 1.54) is 0 Å². The smallest absolute Gasteiger partial charge is 0.235 e. The van der Waals surface area contributed by atoms with Gasteiger partial charge >= 0.3 is 0 Å². The van der Waals surface area contributed by atoms with E-state index in [4.69, 9.17) is 4.74 Å². The Labute approximate surface area is 117 Å². The van der Waals surface area contributed by atoms with Crippen molar-refractivity contribution in [2.45, 2.75) is 0 Å². The fraction of sp³-hybridized carbons (Fsp3) is 0.0833. The highest BCUT2D eigenvalue weighted by molar-refractivity contribution is 9.10. The Morgan fingerprint density at radius 2 is 2.21 bits per heavy atom. The van der Waals surface area contributed by atoms with Crippen LogP contribution in [-0.2, 0) is 0 Å². The highest BCUT2D eigenvalue weighted by Crippen LogP contribution is 2.28. The van der Waals surface area contributed by atoms with Gasteiger partial charge in [0, 0.05) is 11.5 Å². The van der Waals surface area contributed by atoms with Gasteiger partial charge in [-0.2, -0.15) is 15.1 Å². The van der Waals surface area contributed by atoms with Crippen molar-refractivity contribution in [3.63, 3.8) is 0 Å². The summed E-state index contributed by atoms with van der Waals surface area (Å²) in [5.74, 6) is 1.63. The molecular formula is C12H10BrN5O. The van der Waals surface area contributed by atoms with Crippen LogP contribution in [0.4, 0.5) is 5.95 Å². The van der Waals surface area contributed by atoms with Crippen LogP contribution in [0.25, 0.3) is 11.0 Å². The summed E-state index contributed by atoms with van der Waals surface area (Å²) < 4.78 is 6.73. The maximum Gasteiger partial charge on any atom is 0.235 e. The van der Waals surface area contributed by atoms with Gasteiger partial charge in [-0.15, -0.1) is 0 Å². The number of aromatic nitrogens is 4. The highest BCUT2D eigenvalue weighted by atomic mass is 79.9. The van der Waals surface area contributed by atoms with Crippen molar-refractivity contribution in [3.8, 4) is 11.6 Å². The first-order valence-electron chi connectivity index (χ1n) is 5.58. The van der Waals surface area contributed by atoms with Crippen LogP contribution in [0.5, 0.6) is 11.6 Å². The Morgan fingerprint density at radius 3 is 3.00 bits per heavy atom. The average molecular weight is 320 g/mol. The molecule has 3 rings (SSSR count). The zero-order valence-corrected chi connectivity index (χ0v) is 11.6. The summed E-state index contributed by atoms with van der Waals surface area (Å²) in [4.78, 5) is 8.54.